The summed E-state index contributed by atoms with van der Waals surface area (Å²) in [5, 5.41) is 9.63. The van der Waals surface area contributed by atoms with Gasteiger partial charge in [-0.3, -0.25) is 0 Å². The fourth-order valence-corrected chi connectivity index (χ4v) is 1.28. The van der Waals surface area contributed by atoms with Crippen LogP contribution in [0.1, 0.15) is 17.5 Å². The number of alkyl halides is 4. The molecule has 1 N–H and O–H groups in total. The van der Waals surface area contributed by atoms with Gasteiger partial charge in [0.25, 0.3) is 0 Å². The van der Waals surface area contributed by atoms with Crippen molar-refractivity contribution in [2.24, 2.45) is 0 Å². The number of hydrogen-bond acceptors (Lipinski definition) is 1. The normalized spacial score (nSPS) is 10.8. The van der Waals surface area contributed by atoms with Gasteiger partial charge in [0.2, 0.25) is 0 Å². The SMILES string of the molecule is Oc1ccc(C#CCCBr)c(C(F)(F)F)c1. The Bertz CT molecular complexity index is 429. The van der Waals surface area contributed by atoms with Crippen molar-refractivity contribution < 1.29 is 18.3 Å². The van der Waals surface area contributed by atoms with Gasteiger partial charge in [0, 0.05) is 17.3 Å². The van der Waals surface area contributed by atoms with Crippen molar-refractivity contribution in [1.29, 1.82) is 0 Å². The summed E-state index contributed by atoms with van der Waals surface area (Å²) >= 11 is 3.13. The van der Waals surface area contributed by atoms with Crippen molar-refractivity contribution in [2.75, 3.05) is 5.33 Å². The van der Waals surface area contributed by atoms with Gasteiger partial charge in [-0.05, 0) is 18.2 Å². The van der Waals surface area contributed by atoms with Crippen molar-refractivity contribution in [2.45, 2.75) is 12.6 Å². The van der Waals surface area contributed by atoms with Gasteiger partial charge in [-0.1, -0.05) is 27.8 Å². The summed E-state index contributed by atoms with van der Waals surface area (Å²) in [6, 6.07) is 3.03. The maximum absolute atomic E-state index is 12.5. The van der Waals surface area contributed by atoms with Crippen molar-refractivity contribution in [3.05, 3.63) is 29.3 Å². The topological polar surface area (TPSA) is 20.2 Å². The number of phenols is 1. The summed E-state index contributed by atoms with van der Waals surface area (Å²) in [6.07, 6.45) is -4.03. The van der Waals surface area contributed by atoms with Crippen LogP contribution >= 0.6 is 15.9 Å². The van der Waals surface area contributed by atoms with E-state index in [-0.39, 0.29) is 5.56 Å². The van der Waals surface area contributed by atoms with E-state index >= 15 is 0 Å². The molecule has 1 aromatic carbocycles. The van der Waals surface area contributed by atoms with Crippen LogP contribution in [0.5, 0.6) is 5.75 Å². The van der Waals surface area contributed by atoms with E-state index in [1.54, 1.807) is 0 Å². The fraction of sp³-hybridized carbons (Fsp3) is 0.273. The van der Waals surface area contributed by atoms with Crippen LogP contribution in [-0.2, 0) is 6.18 Å². The molecule has 0 heterocycles. The molecule has 0 saturated heterocycles. The molecule has 1 rings (SSSR count). The zero-order valence-electron chi connectivity index (χ0n) is 8.11. The predicted octanol–water partition coefficient (Wildman–Crippen LogP) is 3.55. The third-order valence-electron chi connectivity index (χ3n) is 1.75. The van der Waals surface area contributed by atoms with Gasteiger partial charge in [-0.25, -0.2) is 0 Å². The molecular weight excluding hydrogens is 285 g/mol. The molecule has 0 bridgehead atoms. The number of phenolic OH excluding ortho intramolecular Hbond substituents is 1. The molecular formula is C11H8BrF3O. The number of hydrogen-bond donors (Lipinski definition) is 1. The zero-order chi connectivity index (χ0) is 12.2. The minimum Gasteiger partial charge on any atom is -0.508 e. The summed E-state index contributed by atoms with van der Waals surface area (Å²) in [5.74, 6) is 4.62. The maximum atomic E-state index is 12.5. The van der Waals surface area contributed by atoms with Crippen LogP contribution in [0.2, 0.25) is 0 Å². The summed E-state index contributed by atoms with van der Waals surface area (Å²) < 4.78 is 37.6. The minimum absolute atomic E-state index is 0.119. The third kappa shape index (κ3) is 3.46. The van der Waals surface area contributed by atoms with Crippen LogP contribution in [0.25, 0.3) is 0 Å². The molecule has 0 atom stereocenters. The monoisotopic (exact) mass is 292 g/mol. The number of rotatable bonds is 1. The highest BCUT2D eigenvalue weighted by atomic mass is 79.9. The van der Waals surface area contributed by atoms with E-state index in [1.807, 2.05) is 0 Å². The standard InChI is InChI=1S/C11H8BrF3O/c12-6-2-1-3-8-4-5-9(16)7-10(8)11(13,14)15/h4-5,7,16H,2,6H2. The van der Waals surface area contributed by atoms with E-state index in [2.05, 4.69) is 27.8 Å². The smallest absolute Gasteiger partial charge is 0.417 e. The van der Waals surface area contributed by atoms with E-state index in [0.717, 1.165) is 0 Å². The predicted molar refractivity (Wildman–Crippen MR) is 58.4 cm³/mol. The first-order valence-electron chi connectivity index (χ1n) is 4.40. The van der Waals surface area contributed by atoms with Gasteiger partial charge in [-0.2, -0.15) is 13.2 Å². The molecule has 0 radical (unpaired) electrons. The van der Waals surface area contributed by atoms with Crippen molar-refractivity contribution in [1.82, 2.24) is 0 Å². The molecule has 1 aromatic rings. The quantitative estimate of drug-likeness (QED) is 0.620. The Morgan fingerprint density at radius 2 is 2.00 bits per heavy atom. The van der Waals surface area contributed by atoms with Crippen LogP contribution in [0.3, 0.4) is 0 Å². The van der Waals surface area contributed by atoms with Crippen molar-refractivity contribution in [3.8, 4) is 17.6 Å². The second kappa shape index (κ2) is 5.26. The Kier molecular flexibility index (Phi) is 4.25. The summed E-state index contributed by atoms with van der Waals surface area (Å²) in [5.41, 5.74) is -1.03. The summed E-state index contributed by atoms with van der Waals surface area (Å²) in [7, 11) is 0. The molecule has 0 fully saturated rings. The average molecular weight is 293 g/mol. The van der Waals surface area contributed by atoms with Gasteiger partial charge in [0.1, 0.15) is 5.75 Å². The summed E-state index contributed by atoms with van der Waals surface area (Å²) in [4.78, 5) is 0. The molecule has 16 heavy (non-hydrogen) atoms. The second-order valence-electron chi connectivity index (χ2n) is 2.97. The van der Waals surface area contributed by atoms with E-state index < -0.39 is 17.5 Å². The lowest BCUT2D eigenvalue weighted by Gasteiger charge is -2.09. The van der Waals surface area contributed by atoms with Crippen LogP contribution in [-0.4, -0.2) is 10.4 Å². The van der Waals surface area contributed by atoms with Crippen LogP contribution in [0.4, 0.5) is 13.2 Å². The van der Waals surface area contributed by atoms with Gasteiger partial charge in [0.15, 0.2) is 0 Å². The Balaban J connectivity index is 3.15. The Morgan fingerprint density at radius 3 is 2.56 bits per heavy atom. The molecule has 0 aromatic heterocycles. The first-order chi connectivity index (χ1) is 7.45. The maximum Gasteiger partial charge on any atom is 0.417 e. The molecule has 0 aliphatic heterocycles. The Morgan fingerprint density at radius 1 is 1.31 bits per heavy atom. The first-order valence-corrected chi connectivity index (χ1v) is 5.52. The first kappa shape index (κ1) is 12.9. The van der Waals surface area contributed by atoms with Crippen LogP contribution in [0.15, 0.2) is 18.2 Å². The van der Waals surface area contributed by atoms with Crippen molar-refractivity contribution >= 4 is 15.9 Å². The van der Waals surface area contributed by atoms with Crippen molar-refractivity contribution in [3.63, 3.8) is 0 Å². The van der Waals surface area contributed by atoms with E-state index in [4.69, 9.17) is 5.11 Å². The molecule has 0 amide bonds. The highest BCUT2D eigenvalue weighted by molar-refractivity contribution is 9.09. The lowest BCUT2D eigenvalue weighted by atomic mass is 10.1. The molecule has 0 aliphatic rings. The fourth-order valence-electron chi connectivity index (χ4n) is 1.08. The van der Waals surface area contributed by atoms with E-state index in [1.165, 1.54) is 12.1 Å². The van der Waals surface area contributed by atoms with Gasteiger partial charge < -0.3 is 5.11 Å². The highest BCUT2D eigenvalue weighted by Crippen LogP contribution is 2.33. The molecule has 5 heteroatoms. The molecule has 0 spiro atoms. The number of halogens is 4. The third-order valence-corrected chi connectivity index (χ3v) is 2.15. The lowest BCUT2D eigenvalue weighted by molar-refractivity contribution is -0.137. The molecule has 0 saturated carbocycles. The van der Waals surface area contributed by atoms with E-state index in [0.29, 0.717) is 17.8 Å². The molecule has 0 aliphatic carbocycles. The second-order valence-corrected chi connectivity index (χ2v) is 3.76. The zero-order valence-corrected chi connectivity index (χ0v) is 9.69. The molecule has 1 nitrogen and oxygen atoms in total. The van der Waals surface area contributed by atoms with Gasteiger partial charge in [-0.15, -0.1) is 0 Å². The van der Waals surface area contributed by atoms with Crippen LogP contribution < -0.4 is 0 Å². The Labute approximate surface area is 99.4 Å². The van der Waals surface area contributed by atoms with Crippen LogP contribution in [0, 0.1) is 11.8 Å². The largest absolute Gasteiger partial charge is 0.508 e. The lowest BCUT2D eigenvalue weighted by Crippen LogP contribution is -2.07. The highest BCUT2D eigenvalue weighted by Gasteiger charge is 2.33. The van der Waals surface area contributed by atoms with E-state index in [9.17, 15) is 13.2 Å². The average Bonchev–Trinajstić information content (AvgIpc) is 2.19. The van der Waals surface area contributed by atoms with Gasteiger partial charge in [0.05, 0.1) is 5.56 Å². The molecule has 0 unspecified atom stereocenters. The van der Waals surface area contributed by atoms with Gasteiger partial charge >= 0.3 is 6.18 Å². The molecule has 86 valence electrons. The number of aromatic hydroxyl groups is 1. The Hall–Kier alpha value is -1.15. The summed E-state index contributed by atoms with van der Waals surface area (Å²) in [6.45, 7) is 0. The number of benzene rings is 1. The minimum atomic E-state index is -4.50.